The zero-order valence-electron chi connectivity index (χ0n) is 11.6. The Bertz CT molecular complexity index is 554. The minimum Gasteiger partial charge on any atom is -0.497 e. The fraction of sp³-hybridized carbons (Fsp3) is 0.214. The zero-order chi connectivity index (χ0) is 15.0. The minimum atomic E-state index is -0.550. The number of nitrogens with zero attached hydrogens (tertiary/aromatic N) is 3. The van der Waals surface area contributed by atoms with E-state index in [1.807, 2.05) is 6.07 Å². The highest BCUT2D eigenvalue weighted by Crippen LogP contribution is 2.09. The van der Waals surface area contributed by atoms with E-state index in [9.17, 15) is 4.79 Å². The lowest BCUT2D eigenvalue weighted by atomic mass is 10.2. The first-order chi connectivity index (χ1) is 9.56. The molecule has 0 aliphatic heterocycles. The summed E-state index contributed by atoms with van der Waals surface area (Å²) in [6, 6.07) is 8.99. The quantitative estimate of drug-likeness (QED) is 0.377. The molecule has 0 heterocycles. The highest BCUT2D eigenvalue weighted by atomic mass is 16.5. The third kappa shape index (κ3) is 4.82. The maximum Gasteiger partial charge on any atom is 0.283 e. The standard InChI is InChI=1S/C14H16N4O2/c1-18(2)10-12(8-15)14(19)17-16-9-11-4-6-13(20-3)7-5-11/h4-7,9-10H,1-3H3,(H,17,19)/b12-10+,16-9+. The number of nitrogens with one attached hydrogen (secondary N) is 1. The first-order valence-electron chi connectivity index (χ1n) is 5.82. The molecule has 0 radical (unpaired) electrons. The maximum atomic E-state index is 11.6. The van der Waals surface area contributed by atoms with E-state index in [2.05, 4.69) is 10.5 Å². The molecule has 0 aliphatic rings. The van der Waals surface area contributed by atoms with Gasteiger partial charge in [0.15, 0.2) is 0 Å². The average Bonchev–Trinajstić information content (AvgIpc) is 2.45. The summed E-state index contributed by atoms with van der Waals surface area (Å²) < 4.78 is 5.03. The lowest BCUT2D eigenvalue weighted by Gasteiger charge is -2.05. The minimum absolute atomic E-state index is 0.0121. The Labute approximate surface area is 118 Å². The molecule has 0 unspecified atom stereocenters. The van der Waals surface area contributed by atoms with Gasteiger partial charge in [-0.1, -0.05) is 0 Å². The molecule has 1 aromatic rings. The van der Waals surface area contributed by atoms with Crippen molar-refractivity contribution in [3.8, 4) is 11.8 Å². The molecule has 1 amide bonds. The van der Waals surface area contributed by atoms with Crippen molar-refractivity contribution in [1.29, 1.82) is 5.26 Å². The van der Waals surface area contributed by atoms with E-state index in [0.717, 1.165) is 11.3 Å². The van der Waals surface area contributed by atoms with Crippen LogP contribution in [0.15, 0.2) is 41.1 Å². The van der Waals surface area contributed by atoms with Gasteiger partial charge in [-0.15, -0.1) is 0 Å². The number of methoxy groups -OCH3 is 1. The van der Waals surface area contributed by atoms with Crippen LogP contribution >= 0.6 is 0 Å². The lowest BCUT2D eigenvalue weighted by molar-refractivity contribution is -0.117. The third-order valence-corrected chi connectivity index (χ3v) is 2.25. The summed E-state index contributed by atoms with van der Waals surface area (Å²) in [5.41, 5.74) is 3.09. The molecule has 0 spiro atoms. The van der Waals surface area contributed by atoms with E-state index in [-0.39, 0.29) is 5.57 Å². The van der Waals surface area contributed by atoms with Crippen molar-refractivity contribution < 1.29 is 9.53 Å². The van der Waals surface area contributed by atoms with Crippen LogP contribution in [0.1, 0.15) is 5.56 Å². The van der Waals surface area contributed by atoms with Crippen LogP contribution in [-0.4, -0.2) is 38.2 Å². The van der Waals surface area contributed by atoms with Crippen LogP contribution in [0.25, 0.3) is 0 Å². The fourth-order valence-electron chi connectivity index (χ4n) is 1.31. The van der Waals surface area contributed by atoms with Crippen molar-refractivity contribution in [2.45, 2.75) is 0 Å². The second-order valence-electron chi connectivity index (χ2n) is 4.09. The third-order valence-electron chi connectivity index (χ3n) is 2.25. The summed E-state index contributed by atoms with van der Waals surface area (Å²) in [6.45, 7) is 0. The zero-order valence-corrected chi connectivity index (χ0v) is 11.6. The molecular weight excluding hydrogens is 256 g/mol. The van der Waals surface area contributed by atoms with E-state index < -0.39 is 5.91 Å². The van der Waals surface area contributed by atoms with Gasteiger partial charge < -0.3 is 9.64 Å². The van der Waals surface area contributed by atoms with Gasteiger partial charge in [0.05, 0.1) is 13.3 Å². The van der Waals surface area contributed by atoms with Crippen molar-refractivity contribution in [3.63, 3.8) is 0 Å². The highest BCUT2D eigenvalue weighted by Gasteiger charge is 2.07. The van der Waals surface area contributed by atoms with Gasteiger partial charge in [0.1, 0.15) is 17.4 Å². The first-order valence-corrected chi connectivity index (χ1v) is 5.82. The molecule has 104 valence electrons. The van der Waals surface area contributed by atoms with Gasteiger partial charge >= 0.3 is 0 Å². The van der Waals surface area contributed by atoms with Crippen molar-refractivity contribution in [1.82, 2.24) is 10.3 Å². The van der Waals surface area contributed by atoms with Gasteiger partial charge in [0, 0.05) is 20.3 Å². The summed E-state index contributed by atoms with van der Waals surface area (Å²) in [6.07, 6.45) is 2.92. The molecule has 6 nitrogen and oxygen atoms in total. The Morgan fingerprint density at radius 3 is 2.55 bits per heavy atom. The predicted octanol–water partition coefficient (Wildman–Crippen LogP) is 1.11. The number of hydrogen-bond donors (Lipinski definition) is 1. The smallest absolute Gasteiger partial charge is 0.283 e. The topological polar surface area (TPSA) is 77.7 Å². The second-order valence-corrected chi connectivity index (χ2v) is 4.09. The second kappa shape index (κ2) is 7.59. The summed E-state index contributed by atoms with van der Waals surface area (Å²) in [5.74, 6) is 0.192. The number of hydrogen-bond acceptors (Lipinski definition) is 5. The number of rotatable bonds is 5. The van der Waals surface area contributed by atoms with E-state index >= 15 is 0 Å². The molecule has 1 rings (SSSR count). The first kappa shape index (κ1) is 15.2. The predicted molar refractivity (Wildman–Crippen MR) is 76.1 cm³/mol. The van der Waals surface area contributed by atoms with Crippen LogP contribution in [0.5, 0.6) is 5.75 Å². The Balaban J connectivity index is 2.63. The molecular formula is C14H16N4O2. The lowest BCUT2D eigenvalue weighted by Crippen LogP contribution is -2.20. The van der Waals surface area contributed by atoms with Crippen LogP contribution in [-0.2, 0) is 4.79 Å². The number of nitriles is 1. The van der Waals surface area contributed by atoms with Crippen LogP contribution in [0, 0.1) is 11.3 Å². The number of amides is 1. The molecule has 1 aromatic carbocycles. The normalized spacial score (nSPS) is 11.0. The molecule has 0 aromatic heterocycles. The average molecular weight is 272 g/mol. The summed E-state index contributed by atoms with van der Waals surface area (Å²) >= 11 is 0. The molecule has 0 atom stereocenters. The Hall–Kier alpha value is -2.81. The number of hydrazone groups is 1. The monoisotopic (exact) mass is 272 g/mol. The Morgan fingerprint density at radius 2 is 2.05 bits per heavy atom. The number of benzene rings is 1. The Kier molecular flexibility index (Phi) is 5.78. The van der Waals surface area contributed by atoms with Gasteiger partial charge in [-0.05, 0) is 29.8 Å². The van der Waals surface area contributed by atoms with Gasteiger partial charge in [-0.2, -0.15) is 10.4 Å². The maximum absolute atomic E-state index is 11.6. The van der Waals surface area contributed by atoms with Gasteiger partial charge in [-0.3, -0.25) is 4.79 Å². The van der Waals surface area contributed by atoms with Crippen molar-refractivity contribution in [3.05, 3.63) is 41.6 Å². The molecule has 1 N–H and O–H groups in total. The molecule has 6 heteroatoms. The molecule has 0 saturated heterocycles. The fourth-order valence-corrected chi connectivity index (χ4v) is 1.31. The molecule has 0 saturated carbocycles. The summed E-state index contributed by atoms with van der Waals surface area (Å²) in [5, 5.41) is 12.6. The number of carbonyl (C=O) groups is 1. The molecule has 0 fully saturated rings. The van der Waals surface area contributed by atoms with E-state index in [1.54, 1.807) is 50.4 Å². The summed E-state index contributed by atoms with van der Waals surface area (Å²) in [7, 11) is 5.04. The van der Waals surface area contributed by atoms with E-state index in [1.165, 1.54) is 12.4 Å². The largest absolute Gasteiger partial charge is 0.497 e. The highest BCUT2D eigenvalue weighted by molar-refractivity contribution is 5.97. The van der Waals surface area contributed by atoms with Crippen molar-refractivity contribution >= 4 is 12.1 Å². The van der Waals surface area contributed by atoms with Crippen LogP contribution < -0.4 is 10.2 Å². The van der Waals surface area contributed by atoms with Gasteiger partial charge in [-0.25, -0.2) is 5.43 Å². The van der Waals surface area contributed by atoms with E-state index in [4.69, 9.17) is 10.00 Å². The van der Waals surface area contributed by atoms with Crippen LogP contribution in [0.4, 0.5) is 0 Å². The van der Waals surface area contributed by atoms with Crippen molar-refractivity contribution in [2.24, 2.45) is 5.10 Å². The molecule has 0 bridgehead atoms. The van der Waals surface area contributed by atoms with Crippen LogP contribution in [0.2, 0.25) is 0 Å². The van der Waals surface area contributed by atoms with Gasteiger partial charge in [0.2, 0.25) is 0 Å². The number of carbonyl (C=O) groups excluding carboxylic acids is 1. The Morgan fingerprint density at radius 1 is 1.40 bits per heavy atom. The van der Waals surface area contributed by atoms with Crippen molar-refractivity contribution in [2.75, 3.05) is 21.2 Å². The molecule has 20 heavy (non-hydrogen) atoms. The molecule has 0 aliphatic carbocycles. The van der Waals surface area contributed by atoms with Crippen LogP contribution in [0.3, 0.4) is 0 Å². The van der Waals surface area contributed by atoms with Gasteiger partial charge in [0.25, 0.3) is 5.91 Å². The SMILES string of the molecule is COc1ccc(/C=N/NC(=O)/C(C#N)=C/N(C)C)cc1. The number of ether oxygens (including phenoxy) is 1. The van der Waals surface area contributed by atoms with E-state index in [0.29, 0.717) is 0 Å². The summed E-state index contributed by atoms with van der Waals surface area (Å²) in [4.78, 5) is 13.3.